The molecule has 0 bridgehead atoms. The van der Waals surface area contributed by atoms with Crippen LogP contribution in [0.3, 0.4) is 0 Å². The number of hydrogen-bond donors (Lipinski definition) is 1. The van der Waals surface area contributed by atoms with Gasteiger partial charge in [-0.2, -0.15) is 5.10 Å². The number of aliphatic carboxylic acids is 1. The van der Waals surface area contributed by atoms with Crippen LogP contribution in [0.25, 0.3) is 0 Å². The zero-order valence-corrected chi connectivity index (χ0v) is 12.3. The molecule has 0 atom stereocenters. The molecule has 1 rings (SSSR count). The number of aromatic nitrogens is 2. The van der Waals surface area contributed by atoms with Crippen molar-refractivity contribution in [2.75, 3.05) is 0 Å². The minimum atomic E-state index is -0.759. The molecule has 96 valence electrons. The normalized spacial score (nSPS) is 11.8. The second kappa shape index (κ2) is 5.21. The van der Waals surface area contributed by atoms with Crippen molar-refractivity contribution < 1.29 is 9.90 Å². The Morgan fingerprint density at radius 2 is 2.12 bits per heavy atom. The Bertz CT molecular complexity index is 424. The molecule has 0 unspecified atom stereocenters. The van der Waals surface area contributed by atoms with Crippen LogP contribution in [-0.4, -0.2) is 20.9 Å². The number of carboxylic acids is 1. The summed E-state index contributed by atoms with van der Waals surface area (Å²) in [5, 5.41) is 13.3. The number of carboxylic acid groups (broad SMARTS) is 1. The summed E-state index contributed by atoms with van der Waals surface area (Å²) in [5.41, 5.74) is 1.76. The van der Waals surface area contributed by atoms with Crippen LogP contribution in [-0.2, 0) is 17.8 Å². The summed E-state index contributed by atoms with van der Waals surface area (Å²) in [6.07, 6.45) is 0.863. The Balaban J connectivity index is 2.97. The average molecular weight is 303 g/mol. The molecule has 1 heterocycles. The van der Waals surface area contributed by atoms with E-state index in [0.717, 1.165) is 22.4 Å². The lowest BCUT2D eigenvalue weighted by molar-refractivity contribution is -0.139. The summed E-state index contributed by atoms with van der Waals surface area (Å²) in [6.45, 7) is 8.72. The molecule has 1 N–H and O–H groups in total. The number of nitrogens with zero attached hydrogens (tertiary/aromatic N) is 2. The molecule has 0 aliphatic rings. The Hall–Kier alpha value is -0.840. The first-order valence-electron chi connectivity index (χ1n) is 5.70. The molecule has 0 radical (unpaired) electrons. The number of rotatable bonds is 5. The summed E-state index contributed by atoms with van der Waals surface area (Å²) >= 11 is 3.53. The van der Waals surface area contributed by atoms with E-state index in [1.165, 1.54) is 0 Å². The topological polar surface area (TPSA) is 55.1 Å². The molecule has 0 aliphatic carbocycles. The third-order valence-electron chi connectivity index (χ3n) is 2.73. The fourth-order valence-corrected chi connectivity index (χ4v) is 2.39. The molecule has 5 heteroatoms. The van der Waals surface area contributed by atoms with Crippen LogP contribution in [0.2, 0.25) is 0 Å². The third kappa shape index (κ3) is 3.56. The number of hydrogen-bond acceptors (Lipinski definition) is 2. The summed E-state index contributed by atoms with van der Waals surface area (Å²) in [5.74, 6) is -0.759. The maximum absolute atomic E-state index is 10.8. The quantitative estimate of drug-likeness (QED) is 0.909. The van der Waals surface area contributed by atoms with Crippen LogP contribution < -0.4 is 0 Å². The second-order valence-electron chi connectivity index (χ2n) is 5.07. The van der Waals surface area contributed by atoms with Crippen molar-refractivity contribution in [3.05, 3.63) is 15.9 Å². The van der Waals surface area contributed by atoms with Gasteiger partial charge in [0.05, 0.1) is 22.3 Å². The van der Waals surface area contributed by atoms with Crippen molar-refractivity contribution in [1.82, 2.24) is 9.78 Å². The van der Waals surface area contributed by atoms with Gasteiger partial charge < -0.3 is 5.11 Å². The van der Waals surface area contributed by atoms with Crippen molar-refractivity contribution in [2.24, 2.45) is 5.41 Å². The van der Waals surface area contributed by atoms with Gasteiger partial charge in [-0.3, -0.25) is 9.48 Å². The highest BCUT2D eigenvalue weighted by Crippen LogP contribution is 2.31. The molecule has 17 heavy (non-hydrogen) atoms. The maximum atomic E-state index is 10.8. The lowest BCUT2D eigenvalue weighted by atomic mass is 9.84. The molecular formula is C12H19BrN2O2. The fraction of sp³-hybridized carbons (Fsp3) is 0.667. The van der Waals surface area contributed by atoms with Crippen LogP contribution in [0.1, 0.15) is 38.6 Å². The standard InChI is InChI=1S/C12H19BrN2O2/c1-5-15-9(11(13)8(2)14-15)6-12(3,4)7-10(16)17/h5-7H2,1-4H3,(H,16,17). The van der Waals surface area contributed by atoms with Crippen LogP contribution in [0, 0.1) is 12.3 Å². The van der Waals surface area contributed by atoms with Crippen molar-refractivity contribution in [3.8, 4) is 0 Å². The number of carbonyl (C=O) groups is 1. The lowest BCUT2D eigenvalue weighted by Crippen LogP contribution is -2.21. The zero-order valence-electron chi connectivity index (χ0n) is 10.7. The molecule has 1 aromatic heterocycles. The minimum absolute atomic E-state index is 0.160. The zero-order chi connectivity index (χ0) is 13.2. The third-order valence-corrected chi connectivity index (χ3v) is 3.76. The van der Waals surface area contributed by atoms with Gasteiger partial charge in [0.1, 0.15) is 0 Å². The number of halogens is 1. The van der Waals surface area contributed by atoms with Gasteiger partial charge in [0.2, 0.25) is 0 Å². The van der Waals surface area contributed by atoms with Crippen LogP contribution in [0.5, 0.6) is 0 Å². The van der Waals surface area contributed by atoms with Crippen molar-refractivity contribution in [2.45, 2.75) is 47.1 Å². The highest BCUT2D eigenvalue weighted by molar-refractivity contribution is 9.10. The molecule has 0 fully saturated rings. The number of aryl methyl sites for hydroxylation is 2. The predicted molar refractivity (Wildman–Crippen MR) is 70.1 cm³/mol. The average Bonchev–Trinajstić information content (AvgIpc) is 2.43. The molecule has 1 aromatic rings. The van der Waals surface area contributed by atoms with Crippen LogP contribution in [0.15, 0.2) is 4.47 Å². The van der Waals surface area contributed by atoms with Crippen molar-refractivity contribution in [1.29, 1.82) is 0 Å². The molecule has 0 aliphatic heterocycles. The second-order valence-corrected chi connectivity index (χ2v) is 5.87. The molecule has 0 amide bonds. The van der Waals surface area contributed by atoms with Gasteiger partial charge in [-0.1, -0.05) is 13.8 Å². The Morgan fingerprint density at radius 3 is 2.59 bits per heavy atom. The molecular weight excluding hydrogens is 284 g/mol. The largest absolute Gasteiger partial charge is 0.481 e. The smallest absolute Gasteiger partial charge is 0.303 e. The first kappa shape index (κ1) is 14.2. The summed E-state index contributed by atoms with van der Waals surface area (Å²) in [6, 6.07) is 0. The Labute approximate surface area is 110 Å². The van der Waals surface area contributed by atoms with Gasteiger partial charge in [0, 0.05) is 6.54 Å². The van der Waals surface area contributed by atoms with Gasteiger partial charge >= 0.3 is 5.97 Å². The van der Waals surface area contributed by atoms with E-state index >= 15 is 0 Å². The highest BCUT2D eigenvalue weighted by atomic mass is 79.9. The van der Waals surface area contributed by atoms with Crippen LogP contribution >= 0.6 is 15.9 Å². The summed E-state index contributed by atoms with van der Waals surface area (Å²) < 4.78 is 2.93. The van der Waals surface area contributed by atoms with E-state index < -0.39 is 5.97 Å². The van der Waals surface area contributed by atoms with E-state index in [2.05, 4.69) is 21.0 Å². The predicted octanol–water partition coefficient (Wildman–Crippen LogP) is 3.02. The molecule has 0 spiro atoms. The van der Waals surface area contributed by atoms with E-state index in [4.69, 9.17) is 5.11 Å². The van der Waals surface area contributed by atoms with Gasteiger partial charge in [-0.05, 0) is 41.6 Å². The molecule has 0 saturated carbocycles. The van der Waals surface area contributed by atoms with Crippen molar-refractivity contribution in [3.63, 3.8) is 0 Å². The molecule has 0 saturated heterocycles. The lowest BCUT2D eigenvalue weighted by Gasteiger charge is -2.22. The first-order chi connectivity index (χ1) is 7.76. The summed E-state index contributed by atoms with van der Waals surface area (Å²) in [4.78, 5) is 10.8. The minimum Gasteiger partial charge on any atom is -0.481 e. The van der Waals surface area contributed by atoms with E-state index in [1.807, 2.05) is 32.4 Å². The Kier molecular flexibility index (Phi) is 4.36. The van der Waals surface area contributed by atoms with Gasteiger partial charge in [0.15, 0.2) is 0 Å². The molecule has 0 aromatic carbocycles. The highest BCUT2D eigenvalue weighted by Gasteiger charge is 2.26. The van der Waals surface area contributed by atoms with Gasteiger partial charge in [0.25, 0.3) is 0 Å². The van der Waals surface area contributed by atoms with E-state index in [9.17, 15) is 4.79 Å². The van der Waals surface area contributed by atoms with E-state index in [-0.39, 0.29) is 11.8 Å². The van der Waals surface area contributed by atoms with E-state index in [0.29, 0.717) is 6.42 Å². The first-order valence-corrected chi connectivity index (χ1v) is 6.49. The fourth-order valence-electron chi connectivity index (χ4n) is 1.96. The SMILES string of the molecule is CCn1nc(C)c(Br)c1CC(C)(C)CC(=O)O. The van der Waals surface area contributed by atoms with E-state index in [1.54, 1.807) is 0 Å². The molecule has 4 nitrogen and oxygen atoms in total. The van der Waals surface area contributed by atoms with Gasteiger partial charge in [-0.25, -0.2) is 0 Å². The van der Waals surface area contributed by atoms with Crippen molar-refractivity contribution >= 4 is 21.9 Å². The summed E-state index contributed by atoms with van der Waals surface area (Å²) in [7, 11) is 0. The van der Waals surface area contributed by atoms with Crippen LogP contribution in [0.4, 0.5) is 0 Å². The maximum Gasteiger partial charge on any atom is 0.303 e. The van der Waals surface area contributed by atoms with Gasteiger partial charge in [-0.15, -0.1) is 0 Å². The Morgan fingerprint density at radius 1 is 1.53 bits per heavy atom. The monoisotopic (exact) mass is 302 g/mol.